The molecule has 1 amide bonds. The third-order valence-electron chi connectivity index (χ3n) is 25.6. The molecule has 0 radical (unpaired) electrons. The normalized spacial score (nSPS) is 14.7. The van der Waals surface area contributed by atoms with Gasteiger partial charge in [0.15, 0.2) is 18.0 Å². The van der Waals surface area contributed by atoms with E-state index in [0.717, 1.165) is 107 Å². The fourth-order valence-corrected chi connectivity index (χ4v) is 16.0. The van der Waals surface area contributed by atoms with Gasteiger partial charge in [0.1, 0.15) is 11.9 Å². The number of aliphatic imine (C=N–C) groups is 5. The molecule has 9 aromatic rings. The Morgan fingerprint density at radius 1 is 0.514 bits per heavy atom. The van der Waals surface area contributed by atoms with E-state index in [4.69, 9.17) is 38.2 Å². The number of halogens is 3. The van der Waals surface area contributed by atoms with E-state index in [0.29, 0.717) is 13.2 Å². The molecular weight excluding hydrogens is 2050 g/mol. The summed E-state index contributed by atoms with van der Waals surface area (Å²) >= 11 is 3.21. The van der Waals surface area contributed by atoms with Gasteiger partial charge in [-0.2, -0.15) is 17.6 Å². The number of carbonyl (C=O) groups is 3. The van der Waals surface area contributed by atoms with Crippen molar-refractivity contribution in [1.29, 1.82) is 0 Å². The van der Waals surface area contributed by atoms with Gasteiger partial charge in [0, 0.05) is 227 Å². The van der Waals surface area contributed by atoms with Crippen molar-refractivity contribution in [3.05, 3.63) is 291 Å². The molecule has 34 heteroatoms. The number of fused-ring (bicyclic) bond motifs is 6. The van der Waals surface area contributed by atoms with Crippen LogP contribution in [0, 0.1) is 15.0 Å². The Labute approximate surface area is 932 Å². The summed E-state index contributed by atoms with van der Waals surface area (Å²) in [5.41, 5.74) is 34.8. The van der Waals surface area contributed by atoms with E-state index in [1.807, 2.05) is 167 Å². The molecule has 6 heterocycles. The van der Waals surface area contributed by atoms with Gasteiger partial charge in [-0.25, -0.2) is 0 Å². The minimum Gasteiger partial charge on any atom is -1.00 e. The maximum absolute atomic E-state index is 12.1. The van der Waals surface area contributed by atoms with Gasteiger partial charge in [-0.1, -0.05) is 164 Å². The first-order valence-corrected chi connectivity index (χ1v) is 49.8. The van der Waals surface area contributed by atoms with Gasteiger partial charge in [-0.3, -0.25) is 63.5 Å². The minimum absolute atomic E-state index is 0. The number of nitrogens with zero attached hydrogens (tertiary/aromatic N) is 13. The van der Waals surface area contributed by atoms with Crippen LogP contribution < -0.4 is 104 Å². The molecule has 9 aromatic carbocycles. The third-order valence-corrected chi connectivity index (χ3v) is 26.1. The standard InChI is InChI=1S/C28H36N3O.C18H27N2O2.C15H14N2.C13H18N2.C11H12N2O2.C11H14N2.C11H13N.C5H9BrO2.BrH.ClH.K.HNO3.H2O4S/c1-7-8-19-31-26-18-17-24(29(5)6)21-25(26)28(3,4)27(31)16-12-13-20-30(22(2)32)23-14-10-9-11-15-23;1-13-18(3,4)16-12-15(19(5)6)8-9-17(16)20(13)10-7-11-22-14(2)21;1-3-8-14(9-4-1)16-12-7-13-17-15-10-5-2-6-11-15;1-9-13(2,3)11-8-10(15(4)5)6-7-12(11)14-9;1-7-11(2,3)9-6-8(13(14)15)4-5-10(9)12-7;1-7-11(2,3)9-6-8(12)4-5-10(9)13-7;1-8-11(2,3)9-6-4-5-7-10(9)12-8;1-5(7)8-4-2-3-6;;;;2-1-4-3;1-5(2,3)4/h9-18,20-21H,7-8,19H2,1-6H3;8-9,12H,7,10-11H2,1-6H3;1-13,16H;6-8H,1-5H3;4-6H,1-3H3;4-6H,12H2,1-3H3;4-7H,1-3H3;2-4H2,1H3;2*1H;;3H;(H2,1,2,3,4)/q2*+1;;;;;;;;;+1;;/p-2/b;;12-7+,17-13?;;;;;;;;;;. The summed E-state index contributed by atoms with van der Waals surface area (Å²) in [7, 11) is 7.77. The molecule has 0 aromatic heterocycles. The quantitative estimate of drug-likeness (QED) is 0.00369. The molecule has 0 atom stereocenters. The number of anilines is 6. The Morgan fingerprint density at radius 2 is 0.911 bits per heavy atom. The summed E-state index contributed by atoms with van der Waals surface area (Å²) in [5.74, 6) is -0.424. The second-order valence-electron chi connectivity index (χ2n) is 38.3. The smallest absolute Gasteiger partial charge is 1.00 e. The molecule has 29 nitrogen and oxygen atoms in total. The van der Waals surface area contributed by atoms with Crippen molar-refractivity contribution >= 4 is 177 Å². The molecule has 0 unspecified atom stereocenters. The first-order chi connectivity index (χ1) is 67.1. The van der Waals surface area contributed by atoms with Crippen LogP contribution in [-0.2, 0) is 71.7 Å². The van der Waals surface area contributed by atoms with Crippen LogP contribution in [0.3, 0.4) is 0 Å². The number of allylic oxidation sites excluding steroid dienone is 4. The zero-order chi connectivity index (χ0) is 107. The predicted octanol–water partition coefficient (Wildman–Crippen LogP) is 19.1. The van der Waals surface area contributed by atoms with E-state index in [-0.39, 0.29) is 142 Å². The number of unbranched alkanes of at least 4 members (excludes halogenated alkanes) is 1. The van der Waals surface area contributed by atoms with Crippen molar-refractivity contribution in [2.24, 2.45) is 30.3 Å². The summed E-state index contributed by atoms with van der Waals surface area (Å²) in [6, 6.07) is 68.6. The number of nitro groups is 1. The minimum atomic E-state index is -4.67. The number of hydrogen-bond donors (Lipinski definition) is 4. The van der Waals surface area contributed by atoms with Gasteiger partial charge in [0.2, 0.25) is 17.3 Å². The van der Waals surface area contributed by atoms with Gasteiger partial charge in [0.25, 0.3) is 5.69 Å². The second-order valence-corrected chi connectivity index (χ2v) is 40.0. The van der Waals surface area contributed by atoms with Crippen LogP contribution in [0.4, 0.5) is 79.6 Å². The van der Waals surface area contributed by atoms with E-state index in [1.165, 1.54) is 104 Å². The monoisotopic (exact) mass is 2190 g/mol. The number of nitrogens with one attached hydrogen (secondary N) is 1. The fraction of sp³-hybridized carbons (Fsp3) is 0.375. The number of ether oxygens (including phenoxy) is 2. The number of nitro benzene ring substituents is 1. The van der Waals surface area contributed by atoms with Crippen LogP contribution in [0.25, 0.3) is 0 Å². The van der Waals surface area contributed by atoms with Crippen LogP contribution in [0.2, 0.25) is 0 Å². The summed E-state index contributed by atoms with van der Waals surface area (Å²) < 4.78 is 46.1. The molecule has 0 fully saturated rings. The number of benzene rings is 9. The molecule has 15 rings (SSSR count). The predicted molar refractivity (Wildman–Crippen MR) is 598 cm³/mol. The Balaban J connectivity index is 0.000000433. The number of non-ortho nitro benzene ring substituents is 1. The number of para-hydroxylation sites is 4. The second kappa shape index (κ2) is 59.7. The molecule has 0 bridgehead atoms. The van der Waals surface area contributed by atoms with Crippen molar-refractivity contribution in [3.63, 3.8) is 0 Å². The zero-order valence-corrected chi connectivity index (χ0v) is 97.7. The van der Waals surface area contributed by atoms with Crippen LogP contribution >= 0.6 is 28.3 Å². The number of alkyl halides is 1. The first kappa shape index (κ1) is 129. The third kappa shape index (κ3) is 37.3. The summed E-state index contributed by atoms with van der Waals surface area (Å²) in [5, 5.41) is 24.5. The van der Waals surface area contributed by atoms with Crippen molar-refractivity contribution in [2.75, 3.05) is 105 Å². The number of nitrogen functional groups attached to an aromatic ring is 1. The zero-order valence-electron chi connectivity index (χ0n) is 89.8. The number of carbonyl (C=O) groups excluding carboxylic acids is 3. The molecule has 0 saturated heterocycles. The number of hydrogen-bond acceptors (Lipinski definition) is 23. The Kier molecular flexibility index (Phi) is 52.8. The molecule has 5 N–H and O–H groups in total. The van der Waals surface area contributed by atoms with Gasteiger partial charge in [-0.05, 0) is 205 Å². The fourth-order valence-electron chi connectivity index (χ4n) is 15.8. The molecule has 6 aliphatic rings. The van der Waals surface area contributed by atoms with Gasteiger partial charge < -0.3 is 62.5 Å². The van der Waals surface area contributed by atoms with Crippen molar-refractivity contribution < 1.29 is 134 Å². The molecular formula is C112H146Br2ClKN15O14S+. The van der Waals surface area contributed by atoms with Crippen molar-refractivity contribution in [2.45, 2.75) is 204 Å². The number of esters is 2. The van der Waals surface area contributed by atoms with E-state index in [1.54, 1.807) is 30.2 Å². The summed E-state index contributed by atoms with van der Waals surface area (Å²) in [4.78, 5) is 84.5. The van der Waals surface area contributed by atoms with E-state index in [2.05, 4.69) is 305 Å². The number of amides is 1. The SMILES string of the molecule is C(/C=C/Nc1ccccc1)=Nc1ccccc1.CC(=O)OCCCBr.CC(=O)OCCC[N+]1=C(C)C(C)(C)c2cc(N(C)C)ccc21.CC1=Nc2ccc(N(C)C)cc2C1(C)C.CC1=Nc2ccc(N)cc2C1(C)C.CC1=Nc2ccc([N+](=O)[O-])cc2C1(C)C.CC1=Nc2ccccc2C1(C)C.CCCC[N+]1=C(/C=C/C=C/N(C(C)=O)c2ccccc2)C(C)(C)c2cc(N(C)C)ccc21.Cl.O=NO[O-].O=S(=O)(O)O.[Br-].[K+]. The van der Waals surface area contributed by atoms with Gasteiger partial charge in [-0.15, -0.1) is 17.3 Å². The van der Waals surface area contributed by atoms with Gasteiger partial charge >= 0.3 is 73.7 Å². The van der Waals surface area contributed by atoms with Crippen LogP contribution in [0.1, 0.15) is 204 Å². The summed E-state index contributed by atoms with van der Waals surface area (Å²) in [6.07, 6.45) is 17.6. The average Bonchev–Trinajstić information content (AvgIpc) is 1.59. The van der Waals surface area contributed by atoms with Crippen molar-refractivity contribution in [3.8, 4) is 0 Å². The van der Waals surface area contributed by atoms with Crippen LogP contribution in [0.5, 0.6) is 0 Å². The van der Waals surface area contributed by atoms with Gasteiger partial charge in [0.05, 0.1) is 57.4 Å². The first-order valence-electron chi connectivity index (χ1n) is 47.3. The Hall–Kier alpha value is -11.2. The molecule has 780 valence electrons. The van der Waals surface area contributed by atoms with E-state index >= 15 is 0 Å². The molecule has 0 aliphatic carbocycles. The Morgan fingerprint density at radius 3 is 1.36 bits per heavy atom. The maximum Gasteiger partial charge on any atom is 1.00 e. The molecule has 0 spiro atoms. The topological polar surface area (TPSA) is 368 Å². The van der Waals surface area contributed by atoms with Crippen LogP contribution in [0.15, 0.2) is 273 Å². The largest absolute Gasteiger partial charge is 1.00 e. The molecule has 0 saturated carbocycles. The summed E-state index contributed by atoms with van der Waals surface area (Å²) in [6.45, 7) is 46.4. The maximum atomic E-state index is 12.1. The average molecular weight is 2190 g/mol. The Bertz CT molecular complexity index is 6330. The number of nitrogens with two attached hydrogens (primary N) is 1. The molecule has 6 aliphatic heterocycles. The van der Waals surface area contributed by atoms with E-state index < -0.39 is 10.4 Å². The molecule has 146 heavy (non-hydrogen) atoms. The van der Waals surface area contributed by atoms with Crippen LogP contribution in [-0.4, -0.2) is 164 Å². The number of rotatable bonds is 23. The van der Waals surface area contributed by atoms with E-state index in [9.17, 15) is 24.5 Å². The van der Waals surface area contributed by atoms with Crippen molar-refractivity contribution in [1.82, 2.24) is 0 Å².